The van der Waals surface area contributed by atoms with E-state index in [2.05, 4.69) is 15.3 Å². The molecule has 0 bridgehead atoms. The SMILES string of the molecule is COc1cc2nc(C)nc(N[C@H](C)c3cc(F)cc(C(F)(F)F)c3F)c2cc1OCCOC1(C)CC1. The van der Waals surface area contributed by atoms with Crippen LogP contribution in [0.25, 0.3) is 10.9 Å². The molecule has 2 aromatic carbocycles. The highest BCUT2D eigenvalue weighted by molar-refractivity contribution is 5.92. The van der Waals surface area contributed by atoms with Crippen molar-refractivity contribution in [2.24, 2.45) is 0 Å². The van der Waals surface area contributed by atoms with E-state index in [0.717, 1.165) is 18.9 Å². The first kappa shape index (κ1) is 25.9. The van der Waals surface area contributed by atoms with Crippen LogP contribution >= 0.6 is 0 Å². The minimum Gasteiger partial charge on any atom is -0.493 e. The van der Waals surface area contributed by atoms with Crippen LogP contribution in [0.5, 0.6) is 11.5 Å². The number of nitrogens with zero attached hydrogens (tertiary/aromatic N) is 2. The summed E-state index contributed by atoms with van der Waals surface area (Å²) >= 11 is 0. The maximum absolute atomic E-state index is 14.7. The predicted molar refractivity (Wildman–Crippen MR) is 123 cm³/mol. The van der Waals surface area contributed by atoms with E-state index in [1.165, 1.54) is 14.0 Å². The third-order valence-corrected chi connectivity index (χ3v) is 6.03. The second-order valence-electron chi connectivity index (χ2n) is 9.01. The molecule has 0 saturated heterocycles. The number of hydrogen-bond donors (Lipinski definition) is 1. The maximum Gasteiger partial charge on any atom is 0.419 e. The van der Waals surface area contributed by atoms with Crippen LogP contribution in [0.15, 0.2) is 24.3 Å². The third kappa shape index (κ3) is 5.61. The molecule has 3 aromatic rings. The van der Waals surface area contributed by atoms with Gasteiger partial charge in [-0.25, -0.2) is 18.7 Å². The highest BCUT2D eigenvalue weighted by atomic mass is 19.4. The van der Waals surface area contributed by atoms with Gasteiger partial charge in [0.15, 0.2) is 11.5 Å². The summed E-state index contributed by atoms with van der Waals surface area (Å²) in [4.78, 5) is 8.73. The summed E-state index contributed by atoms with van der Waals surface area (Å²) in [5, 5.41) is 3.37. The Hall–Kier alpha value is -3.21. The normalized spacial score (nSPS) is 15.6. The third-order valence-electron chi connectivity index (χ3n) is 6.03. The van der Waals surface area contributed by atoms with Gasteiger partial charge in [0.1, 0.15) is 29.9 Å². The molecule has 36 heavy (non-hydrogen) atoms. The number of fused-ring (bicyclic) bond motifs is 1. The highest BCUT2D eigenvalue weighted by Crippen LogP contribution is 2.39. The van der Waals surface area contributed by atoms with Crippen molar-refractivity contribution in [2.75, 3.05) is 25.6 Å². The molecule has 6 nitrogen and oxygen atoms in total. The topological polar surface area (TPSA) is 65.5 Å². The van der Waals surface area contributed by atoms with E-state index >= 15 is 0 Å². The Morgan fingerprint density at radius 1 is 1.06 bits per heavy atom. The smallest absolute Gasteiger partial charge is 0.419 e. The lowest BCUT2D eigenvalue weighted by Crippen LogP contribution is -2.16. The van der Waals surface area contributed by atoms with E-state index < -0.39 is 35.0 Å². The van der Waals surface area contributed by atoms with Gasteiger partial charge >= 0.3 is 6.18 Å². The molecule has 1 aromatic heterocycles. The van der Waals surface area contributed by atoms with Crippen LogP contribution in [0.1, 0.15) is 49.7 Å². The van der Waals surface area contributed by atoms with E-state index in [9.17, 15) is 22.0 Å². The number of alkyl halides is 3. The molecule has 0 amide bonds. The first-order valence-electron chi connectivity index (χ1n) is 11.4. The van der Waals surface area contributed by atoms with Gasteiger partial charge in [-0.1, -0.05) is 0 Å². The molecular weight excluding hydrogens is 485 g/mol. The number of hydrogen-bond acceptors (Lipinski definition) is 6. The van der Waals surface area contributed by atoms with Gasteiger partial charge in [0.05, 0.1) is 36.4 Å². The Labute approximate surface area is 204 Å². The zero-order valence-corrected chi connectivity index (χ0v) is 20.2. The van der Waals surface area contributed by atoms with Gasteiger partial charge in [0, 0.05) is 17.0 Å². The number of anilines is 1. The number of rotatable bonds is 9. The summed E-state index contributed by atoms with van der Waals surface area (Å²) in [5.41, 5.74) is -1.77. The lowest BCUT2D eigenvalue weighted by Gasteiger charge is -2.20. The van der Waals surface area contributed by atoms with E-state index in [1.54, 1.807) is 19.1 Å². The maximum atomic E-state index is 14.7. The number of nitrogens with one attached hydrogen (secondary N) is 1. The molecule has 1 saturated carbocycles. The molecule has 0 radical (unpaired) electrons. The predicted octanol–water partition coefficient (Wildman–Crippen LogP) is 6.36. The Balaban J connectivity index is 1.65. The van der Waals surface area contributed by atoms with Gasteiger partial charge in [-0.05, 0) is 51.8 Å². The molecule has 1 atom stereocenters. The Bertz CT molecular complexity index is 1280. The van der Waals surface area contributed by atoms with Gasteiger partial charge in [0.25, 0.3) is 0 Å². The van der Waals surface area contributed by atoms with E-state index in [0.29, 0.717) is 34.8 Å². The van der Waals surface area contributed by atoms with Crippen molar-refractivity contribution in [1.82, 2.24) is 9.97 Å². The standard InChI is InChI=1S/C25H26F5N3O3/c1-13(16-9-15(26)10-18(22(16)27)25(28,29)30)31-23-17-11-21(35-7-8-36-24(3)5-6-24)20(34-4)12-19(17)32-14(2)33-23/h9-13H,5-8H2,1-4H3,(H,31,32,33)/t13-/m1/s1. The molecule has 194 valence electrons. The van der Waals surface area contributed by atoms with E-state index in [-0.39, 0.29) is 24.1 Å². The average Bonchev–Trinajstić information content (AvgIpc) is 3.54. The van der Waals surface area contributed by atoms with Gasteiger partial charge in [-0.2, -0.15) is 13.2 Å². The summed E-state index contributed by atoms with van der Waals surface area (Å²) in [5.74, 6) is -1.36. The average molecular weight is 511 g/mol. The van der Waals surface area contributed by atoms with Crippen molar-refractivity contribution in [3.63, 3.8) is 0 Å². The number of ether oxygens (including phenoxy) is 3. The Kier molecular flexibility index (Phi) is 6.96. The summed E-state index contributed by atoms with van der Waals surface area (Å²) in [6, 6.07) is 3.08. The van der Waals surface area contributed by atoms with Crippen LogP contribution in [0.4, 0.5) is 27.8 Å². The molecule has 11 heteroatoms. The molecule has 1 N–H and O–H groups in total. The zero-order valence-electron chi connectivity index (χ0n) is 20.2. The van der Waals surface area contributed by atoms with Crippen LogP contribution in [-0.4, -0.2) is 35.9 Å². The quantitative estimate of drug-likeness (QED) is 0.266. The molecule has 0 spiro atoms. The first-order chi connectivity index (χ1) is 16.9. The lowest BCUT2D eigenvalue weighted by molar-refractivity contribution is -0.140. The Morgan fingerprint density at radius 2 is 1.78 bits per heavy atom. The van der Waals surface area contributed by atoms with Crippen molar-refractivity contribution >= 4 is 16.7 Å². The van der Waals surface area contributed by atoms with Crippen LogP contribution in [0, 0.1) is 18.6 Å². The molecule has 4 rings (SSSR count). The molecule has 1 heterocycles. The summed E-state index contributed by atoms with van der Waals surface area (Å²) < 4.78 is 85.3. The van der Waals surface area contributed by atoms with Gasteiger partial charge < -0.3 is 19.5 Å². The molecule has 0 unspecified atom stereocenters. The molecule has 0 aliphatic heterocycles. The van der Waals surface area contributed by atoms with Crippen LogP contribution in [0.3, 0.4) is 0 Å². The Morgan fingerprint density at radius 3 is 2.42 bits per heavy atom. The molecule has 1 aliphatic carbocycles. The zero-order chi connectivity index (χ0) is 26.3. The van der Waals surface area contributed by atoms with Crippen molar-refractivity contribution < 1.29 is 36.2 Å². The second kappa shape index (κ2) is 9.68. The second-order valence-corrected chi connectivity index (χ2v) is 9.01. The number of methoxy groups -OCH3 is 1. The number of benzene rings is 2. The van der Waals surface area contributed by atoms with Crippen LogP contribution in [-0.2, 0) is 10.9 Å². The van der Waals surface area contributed by atoms with Crippen molar-refractivity contribution in [1.29, 1.82) is 0 Å². The van der Waals surface area contributed by atoms with Crippen molar-refractivity contribution in [3.8, 4) is 11.5 Å². The van der Waals surface area contributed by atoms with Crippen molar-refractivity contribution in [3.05, 3.63) is 52.9 Å². The number of halogens is 5. The summed E-state index contributed by atoms with van der Waals surface area (Å²) in [7, 11) is 1.48. The van der Waals surface area contributed by atoms with Gasteiger partial charge in [0.2, 0.25) is 0 Å². The number of aromatic nitrogens is 2. The van der Waals surface area contributed by atoms with Crippen LogP contribution < -0.4 is 14.8 Å². The van der Waals surface area contributed by atoms with Gasteiger partial charge in [-0.3, -0.25) is 0 Å². The van der Waals surface area contributed by atoms with E-state index in [4.69, 9.17) is 14.2 Å². The fourth-order valence-electron chi connectivity index (χ4n) is 3.81. The highest BCUT2D eigenvalue weighted by Gasteiger charge is 2.38. The number of aryl methyl sites for hydroxylation is 1. The lowest BCUT2D eigenvalue weighted by atomic mass is 10.0. The van der Waals surface area contributed by atoms with Gasteiger partial charge in [-0.15, -0.1) is 0 Å². The van der Waals surface area contributed by atoms with E-state index in [1.807, 2.05) is 6.92 Å². The fourth-order valence-corrected chi connectivity index (χ4v) is 3.81. The fraction of sp³-hybridized carbons (Fsp3) is 0.440. The largest absolute Gasteiger partial charge is 0.493 e. The monoisotopic (exact) mass is 511 g/mol. The molecular formula is C25H26F5N3O3. The first-order valence-corrected chi connectivity index (χ1v) is 11.4. The minimum atomic E-state index is -5.04. The van der Waals surface area contributed by atoms with Crippen molar-refractivity contribution in [2.45, 2.75) is 51.4 Å². The molecule has 1 aliphatic rings. The van der Waals surface area contributed by atoms with Crippen LogP contribution in [0.2, 0.25) is 0 Å². The summed E-state index contributed by atoms with van der Waals surface area (Å²) in [6.45, 7) is 5.72. The molecule has 1 fully saturated rings. The summed E-state index contributed by atoms with van der Waals surface area (Å²) in [6.07, 6.45) is -3.03. The minimum absolute atomic E-state index is 0.0897.